The van der Waals surface area contributed by atoms with E-state index < -0.39 is 30.7 Å². The summed E-state index contributed by atoms with van der Waals surface area (Å²) in [6.07, 6.45) is -1.39. The molecule has 3 unspecified atom stereocenters. The van der Waals surface area contributed by atoms with Crippen molar-refractivity contribution >= 4 is 12.0 Å². The van der Waals surface area contributed by atoms with Gasteiger partial charge in [-0.1, -0.05) is 30.3 Å². The molecule has 0 saturated carbocycles. The zero-order chi connectivity index (χ0) is 19.9. The monoisotopic (exact) mass is 393 g/mol. The lowest BCUT2D eigenvalue weighted by molar-refractivity contribution is -0.298. The Morgan fingerprint density at radius 3 is 2.64 bits per heavy atom. The van der Waals surface area contributed by atoms with Gasteiger partial charge in [0, 0.05) is 24.8 Å². The Hall–Kier alpha value is -2.01. The number of carbonyl (C=O) groups is 1. The molecule has 1 saturated heterocycles. The number of hydrazine groups is 2. The molecule has 2 aliphatic rings. The summed E-state index contributed by atoms with van der Waals surface area (Å²) in [6.45, 7) is 0.506. The predicted octanol–water partition coefficient (Wildman–Crippen LogP) is -0.497. The predicted molar refractivity (Wildman–Crippen MR) is 99.9 cm³/mol. The van der Waals surface area contributed by atoms with Crippen LogP contribution in [0.3, 0.4) is 0 Å². The van der Waals surface area contributed by atoms with Crippen LogP contribution in [0, 0.1) is 0 Å². The Bertz CT molecular complexity index is 658. The van der Waals surface area contributed by atoms with E-state index in [1.807, 2.05) is 36.5 Å². The number of carbonyl (C=O) groups excluding carboxylic acids is 1. The second-order valence-electron chi connectivity index (χ2n) is 6.85. The summed E-state index contributed by atoms with van der Waals surface area (Å²) in [4.78, 5) is 10.3. The molecule has 2 heterocycles. The van der Waals surface area contributed by atoms with Crippen molar-refractivity contribution in [1.29, 1.82) is 0 Å². The minimum atomic E-state index is -1.38. The number of nitrogens with zero attached hydrogens (tertiary/aromatic N) is 1. The largest absolute Gasteiger partial charge is 0.388 e. The molecule has 1 aromatic carbocycles. The summed E-state index contributed by atoms with van der Waals surface area (Å²) in [7, 11) is 0. The van der Waals surface area contributed by atoms with Crippen LogP contribution >= 0.6 is 0 Å². The Balaban J connectivity index is 1.56. The van der Waals surface area contributed by atoms with E-state index in [-0.39, 0.29) is 13.2 Å². The zero-order valence-corrected chi connectivity index (χ0v) is 15.5. The normalized spacial score (nSPS) is 30.0. The molecule has 1 aromatic rings. The van der Waals surface area contributed by atoms with Gasteiger partial charge in [-0.3, -0.25) is 5.01 Å². The lowest BCUT2D eigenvalue weighted by atomic mass is 9.98. The molecule has 9 nitrogen and oxygen atoms in total. The minimum Gasteiger partial charge on any atom is -0.388 e. The van der Waals surface area contributed by atoms with E-state index in [0.717, 1.165) is 17.5 Å². The maximum Gasteiger partial charge on any atom is 0.186 e. The third kappa shape index (κ3) is 5.07. The van der Waals surface area contributed by atoms with Gasteiger partial charge >= 0.3 is 0 Å². The van der Waals surface area contributed by atoms with Crippen LogP contribution in [-0.2, 0) is 14.3 Å². The van der Waals surface area contributed by atoms with Gasteiger partial charge in [0.25, 0.3) is 0 Å². The number of aldehydes is 1. The van der Waals surface area contributed by atoms with Crippen molar-refractivity contribution in [2.24, 2.45) is 0 Å². The first-order chi connectivity index (χ1) is 13.6. The summed E-state index contributed by atoms with van der Waals surface area (Å²) in [6, 6.07) is 9.73. The highest BCUT2D eigenvalue weighted by Crippen LogP contribution is 2.24. The van der Waals surface area contributed by atoms with Crippen LogP contribution in [0.5, 0.6) is 0 Å². The molecule has 154 valence electrons. The average Bonchev–Trinajstić information content (AvgIpc) is 3.18. The molecular weight excluding hydrogens is 366 g/mol. The van der Waals surface area contributed by atoms with Gasteiger partial charge in [-0.25, -0.2) is 0 Å². The first-order valence-electron chi connectivity index (χ1n) is 9.40. The van der Waals surface area contributed by atoms with Gasteiger partial charge in [0.2, 0.25) is 0 Å². The number of unbranched alkanes of at least 4 members (excludes halogenated alkanes) is 2. The quantitative estimate of drug-likeness (QED) is 0.279. The standard InChI is InChI=1S/C19H27N3O6/c23-9-5-2-6-10-27-19-18(26)17(25)16(24)15(28-19)12-22-11-14(20-21-22)13-7-3-1-4-8-13/h1,3-4,7-9,11,15-21,24-26H,2,5-6,10,12H2/t15?,16-,17?,18?,19+/m0/s1. The Labute approximate surface area is 163 Å². The van der Waals surface area contributed by atoms with Crippen LogP contribution < -0.4 is 11.0 Å². The second-order valence-corrected chi connectivity index (χ2v) is 6.85. The maximum atomic E-state index is 10.3. The van der Waals surface area contributed by atoms with Crippen molar-refractivity contribution in [2.75, 3.05) is 13.2 Å². The molecular formula is C19H27N3O6. The fourth-order valence-corrected chi connectivity index (χ4v) is 3.14. The third-order valence-electron chi connectivity index (χ3n) is 4.75. The first-order valence-corrected chi connectivity index (χ1v) is 9.40. The molecule has 28 heavy (non-hydrogen) atoms. The molecule has 0 aliphatic carbocycles. The number of ether oxygens (including phenoxy) is 2. The van der Waals surface area contributed by atoms with Crippen molar-refractivity contribution < 1.29 is 29.6 Å². The lowest BCUT2D eigenvalue weighted by Crippen LogP contribution is -2.61. The Kier molecular flexibility index (Phi) is 7.37. The summed E-state index contributed by atoms with van der Waals surface area (Å²) in [5.74, 6) is 0. The molecule has 3 rings (SSSR count). The van der Waals surface area contributed by atoms with Gasteiger partial charge in [-0.15, -0.1) is 5.53 Å². The van der Waals surface area contributed by atoms with E-state index in [0.29, 0.717) is 19.3 Å². The molecule has 0 aromatic heterocycles. The molecule has 5 atom stereocenters. The zero-order valence-electron chi connectivity index (χ0n) is 15.5. The van der Waals surface area contributed by atoms with Crippen LogP contribution in [0.15, 0.2) is 36.5 Å². The molecule has 0 radical (unpaired) electrons. The van der Waals surface area contributed by atoms with E-state index in [9.17, 15) is 20.1 Å². The topological polar surface area (TPSA) is 124 Å². The van der Waals surface area contributed by atoms with Gasteiger partial charge in [0.1, 0.15) is 30.7 Å². The average molecular weight is 393 g/mol. The van der Waals surface area contributed by atoms with E-state index in [2.05, 4.69) is 11.0 Å². The molecule has 9 heteroatoms. The smallest absolute Gasteiger partial charge is 0.186 e. The molecule has 0 bridgehead atoms. The summed E-state index contributed by atoms with van der Waals surface area (Å²) in [5.41, 5.74) is 7.85. The van der Waals surface area contributed by atoms with E-state index in [1.165, 1.54) is 0 Å². The van der Waals surface area contributed by atoms with Gasteiger partial charge in [-0.05, 0) is 12.8 Å². The highest BCUT2D eigenvalue weighted by atomic mass is 16.7. The van der Waals surface area contributed by atoms with Crippen molar-refractivity contribution in [3.8, 4) is 0 Å². The molecule has 0 spiro atoms. The number of hydrogen-bond donors (Lipinski definition) is 5. The van der Waals surface area contributed by atoms with Crippen molar-refractivity contribution in [3.63, 3.8) is 0 Å². The van der Waals surface area contributed by atoms with Crippen molar-refractivity contribution in [3.05, 3.63) is 42.1 Å². The van der Waals surface area contributed by atoms with E-state index >= 15 is 0 Å². The summed E-state index contributed by atoms with van der Waals surface area (Å²) in [5, 5.41) is 32.2. The first kappa shape index (κ1) is 20.7. The van der Waals surface area contributed by atoms with Gasteiger partial charge < -0.3 is 35.0 Å². The Morgan fingerprint density at radius 2 is 1.89 bits per heavy atom. The molecule has 5 N–H and O–H groups in total. The fourth-order valence-electron chi connectivity index (χ4n) is 3.14. The van der Waals surface area contributed by atoms with E-state index in [1.54, 1.807) is 5.01 Å². The fraction of sp³-hybridized carbons (Fsp3) is 0.526. The second kappa shape index (κ2) is 9.97. The number of hydrogen-bond acceptors (Lipinski definition) is 9. The van der Waals surface area contributed by atoms with Gasteiger partial charge in [0.05, 0.1) is 12.2 Å². The van der Waals surface area contributed by atoms with Gasteiger partial charge in [0.15, 0.2) is 6.29 Å². The van der Waals surface area contributed by atoms with Crippen molar-refractivity contribution in [2.45, 2.75) is 50.0 Å². The maximum absolute atomic E-state index is 10.3. The number of rotatable bonds is 9. The summed E-state index contributed by atoms with van der Waals surface area (Å²) < 4.78 is 11.2. The molecule has 2 aliphatic heterocycles. The number of benzene rings is 1. The van der Waals surface area contributed by atoms with Crippen LogP contribution in [-0.4, -0.2) is 70.5 Å². The third-order valence-corrected chi connectivity index (χ3v) is 4.75. The number of nitrogens with one attached hydrogen (secondary N) is 2. The summed E-state index contributed by atoms with van der Waals surface area (Å²) >= 11 is 0. The number of aliphatic hydroxyl groups is 3. The van der Waals surface area contributed by atoms with Crippen LogP contribution in [0.4, 0.5) is 0 Å². The lowest BCUT2D eigenvalue weighted by Gasteiger charge is -2.41. The Morgan fingerprint density at radius 1 is 1.11 bits per heavy atom. The SMILES string of the molecule is O=CCCCCO[C@@H]1OC(CN2C=C(c3ccccc3)NN2)[C@H](O)C(O)C1O. The van der Waals surface area contributed by atoms with Gasteiger partial charge in [-0.2, -0.15) is 0 Å². The minimum absolute atomic E-state index is 0.222. The van der Waals surface area contributed by atoms with Crippen LogP contribution in [0.2, 0.25) is 0 Å². The van der Waals surface area contributed by atoms with E-state index in [4.69, 9.17) is 9.47 Å². The number of aliphatic hydroxyl groups excluding tert-OH is 3. The van der Waals surface area contributed by atoms with Crippen LogP contribution in [0.25, 0.3) is 5.70 Å². The van der Waals surface area contributed by atoms with Crippen molar-refractivity contribution in [1.82, 2.24) is 16.0 Å². The highest BCUT2D eigenvalue weighted by molar-refractivity contribution is 5.64. The highest BCUT2D eigenvalue weighted by Gasteiger charge is 2.44. The molecule has 0 amide bonds. The molecule has 1 fully saturated rings. The van der Waals surface area contributed by atoms with Crippen LogP contribution in [0.1, 0.15) is 24.8 Å².